The van der Waals surface area contributed by atoms with Gasteiger partial charge in [0.2, 0.25) is 0 Å². The van der Waals surface area contributed by atoms with Crippen molar-refractivity contribution < 1.29 is 0 Å². The first-order valence-corrected chi connectivity index (χ1v) is 4.56. The number of rotatable bonds is 1. The summed E-state index contributed by atoms with van der Waals surface area (Å²) in [5.74, 6) is 0. The second-order valence-corrected chi connectivity index (χ2v) is 3.99. The Bertz CT molecular complexity index is 284. The monoisotopic (exact) mass is 247 g/mol. The van der Waals surface area contributed by atoms with Gasteiger partial charge in [-0.05, 0) is 24.5 Å². The Morgan fingerprint density at radius 3 is 2.33 bits per heavy atom. The summed E-state index contributed by atoms with van der Waals surface area (Å²) in [5.41, 5.74) is 7.27. The SMILES string of the molecule is Cl.NC1(c2ccccc2Br)CC1. The van der Waals surface area contributed by atoms with Crippen molar-refractivity contribution in [3.63, 3.8) is 0 Å². The van der Waals surface area contributed by atoms with Gasteiger partial charge >= 0.3 is 0 Å². The Hall–Kier alpha value is -0.0500. The molecule has 66 valence electrons. The molecule has 2 N–H and O–H groups in total. The van der Waals surface area contributed by atoms with Crippen LogP contribution in [0.4, 0.5) is 0 Å². The van der Waals surface area contributed by atoms with Gasteiger partial charge < -0.3 is 5.73 Å². The maximum Gasteiger partial charge on any atom is 0.0422 e. The molecule has 0 aliphatic heterocycles. The maximum absolute atomic E-state index is 6.04. The standard InChI is InChI=1S/C9H10BrN.ClH/c10-8-4-2-1-3-7(8)9(11)5-6-9;/h1-4H,5-6,11H2;1H. The minimum absolute atomic E-state index is 0. The molecule has 12 heavy (non-hydrogen) atoms. The van der Waals surface area contributed by atoms with Crippen LogP contribution in [0.1, 0.15) is 18.4 Å². The van der Waals surface area contributed by atoms with E-state index in [1.165, 1.54) is 5.56 Å². The summed E-state index contributed by atoms with van der Waals surface area (Å²) in [6, 6.07) is 8.19. The summed E-state index contributed by atoms with van der Waals surface area (Å²) < 4.78 is 1.14. The van der Waals surface area contributed by atoms with Gasteiger partial charge in [-0.1, -0.05) is 34.1 Å². The van der Waals surface area contributed by atoms with Crippen molar-refractivity contribution in [3.8, 4) is 0 Å². The van der Waals surface area contributed by atoms with Crippen LogP contribution < -0.4 is 5.73 Å². The minimum atomic E-state index is -0.0138. The van der Waals surface area contributed by atoms with E-state index in [9.17, 15) is 0 Å². The first-order chi connectivity index (χ1) is 5.22. The molecule has 1 nitrogen and oxygen atoms in total. The molecule has 0 spiro atoms. The minimum Gasteiger partial charge on any atom is -0.321 e. The highest BCUT2D eigenvalue weighted by atomic mass is 79.9. The maximum atomic E-state index is 6.04. The normalized spacial score (nSPS) is 18.2. The second kappa shape index (κ2) is 3.36. The lowest BCUT2D eigenvalue weighted by Gasteiger charge is -2.10. The first-order valence-electron chi connectivity index (χ1n) is 3.76. The Morgan fingerprint density at radius 2 is 1.83 bits per heavy atom. The predicted octanol–water partition coefficient (Wildman–Crippen LogP) is 2.82. The fraction of sp³-hybridized carbons (Fsp3) is 0.333. The summed E-state index contributed by atoms with van der Waals surface area (Å²) in [7, 11) is 0. The van der Waals surface area contributed by atoms with E-state index in [-0.39, 0.29) is 17.9 Å². The van der Waals surface area contributed by atoms with Crippen LogP contribution in [0.3, 0.4) is 0 Å². The number of nitrogens with two attached hydrogens (primary N) is 1. The van der Waals surface area contributed by atoms with Gasteiger partial charge in [0.05, 0.1) is 0 Å². The zero-order valence-electron chi connectivity index (χ0n) is 6.59. The summed E-state index contributed by atoms with van der Waals surface area (Å²) in [5, 5.41) is 0. The molecule has 3 heteroatoms. The van der Waals surface area contributed by atoms with Crippen LogP contribution in [-0.2, 0) is 5.54 Å². The molecule has 1 aromatic carbocycles. The molecule has 0 atom stereocenters. The van der Waals surface area contributed by atoms with Crippen LogP contribution in [0, 0.1) is 0 Å². The van der Waals surface area contributed by atoms with E-state index in [1.807, 2.05) is 18.2 Å². The summed E-state index contributed by atoms with van der Waals surface area (Å²) in [6.45, 7) is 0. The van der Waals surface area contributed by atoms with Crippen molar-refractivity contribution in [2.24, 2.45) is 5.73 Å². The number of hydrogen-bond acceptors (Lipinski definition) is 1. The zero-order valence-corrected chi connectivity index (χ0v) is 8.99. The Balaban J connectivity index is 0.000000720. The smallest absolute Gasteiger partial charge is 0.0422 e. The topological polar surface area (TPSA) is 26.0 Å². The van der Waals surface area contributed by atoms with Crippen molar-refractivity contribution in [2.75, 3.05) is 0 Å². The lowest BCUT2D eigenvalue weighted by atomic mass is 10.1. The average Bonchev–Trinajstić information content (AvgIpc) is 2.70. The zero-order chi connectivity index (χ0) is 7.90. The summed E-state index contributed by atoms with van der Waals surface area (Å²) in [6.07, 6.45) is 2.24. The van der Waals surface area contributed by atoms with Crippen molar-refractivity contribution in [1.29, 1.82) is 0 Å². The molecule has 0 unspecified atom stereocenters. The van der Waals surface area contributed by atoms with Gasteiger partial charge in [0.25, 0.3) is 0 Å². The van der Waals surface area contributed by atoms with Crippen LogP contribution in [-0.4, -0.2) is 0 Å². The Kier molecular flexibility index (Phi) is 2.81. The summed E-state index contributed by atoms with van der Waals surface area (Å²) in [4.78, 5) is 0. The molecule has 1 fully saturated rings. The molecule has 1 aromatic rings. The van der Waals surface area contributed by atoms with Crippen molar-refractivity contribution >= 4 is 28.3 Å². The van der Waals surface area contributed by atoms with Crippen LogP contribution >= 0.6 is 28.3 Å². The fourth-order valence-corrected chi connectivity index (χ4v) is 1.95. The van der Waals surface area contributed by atoms with Gasteiger partial charge in [0.1, 0.15) is 0 Å². The van der Waals surface area contributed by atoms with Crippen molar-refractivity contribution in [1.82, 2.24) is 0 Å². The molecule has 0 heterocycles. The van der Waals surface area contributed by atoms with Gasteiger partial charge in [-0.2, -0.15) is 0 Å². The first kappa shape index (κ1) is 10.0. The predicted molar refractivity (Wildman–Crippen MR) is 56.5 cm³/mol. The van der Waals surface area contributed by atoms with Crippen LogP contribution in [0.5, 0.6) is 0 Å². The van der Waals surface area contributed by atoms with E-state index < -0.39 is 0 Å². The molecular formula is C9H11BrClN. The average molecular weight is 249 g/mol. The molecule has 0 amide bonds. The third kappa shape index (κ3) is 1.65. The molecule has 0 saturated heterocycles. The number of benzene rings is 1. The number of halogens is 2. The van der Waals surface area contributed by atoms with Gasteiger partial charge in [-0.15, -0.1) is 12.4 Å². The number of hydrogen-bond donors (Lipinski definition) is 1. The molecule has 1 aliphatic rings. The van der Waals surface area contributed by atoms with E-state index in [2.05, 4.69) is 22.0 Å². The van der Waals surface area contributed by atoms with Crippen LogP contribution in [0.2, 0.25) is 0 Å². The van der Waals surface area contributed by atoms with E-state index in [0.717, 1.165) is 17.3 Å². The highest BCUT2D eigenvalue weighted by molar-refractivity contribution is 9.10. The molecule has 0 radical (unpaired) electrons. The highest BCUT2D eigenvalue weighted by Crippen LogP contribution is 2.45. The Morgan fingerprint density at radius 1 is 1.25 bits per heavy atom. The molecule has 2 rings (SSSR count). The van der Waals surface area contributed by atoms with Crippen LogP contribution in [0.25, 0.3) is 0 Å². The third-order valence-electron chi connectivity index (χ3n) is 2.20. The van der Waals surface area contributed by atoms with E-state index >= 15 is 0 Å². The lowest BCUT2D eigenvalue weighted by molar-refractivity contribution is 0.736. The molecular weight excluding hydrogens is 237 g/mol. The Labute approximate surface area is 86.9 Å². The lowest BCUT2D eigenvalue weighted by Crippen LogP contribution is -2.18. The van der Waals surface area contributed by atoms with Crippen molar-refractivity contribution in [3.05, 3.63) is 34.3 Å². The van der Waals surface area contributed by atoms with E-state index in [4.69, 9.17) is 5.73 Å². The van der Waals surface area contributed by atoms with Gasteiger partial charge in [-0.3, -0.25) is 0 Å². The van der Waals surface area contributed by atoms with Gasteiger partial charge in [-0.25, -0.2) is 0 Å². The summed E-state index contributed by atoms with van der Waals surface area (Å²) >= 11 is 3.49. The van der Waals surface area contributed by atoms with Crippen molar-refractivity contribution in [2.45, 2.75) is 18.4 Å². The molecule has 0 aromatic heterocycles. The van der Waals surface area contributed by atoms with E-state index in [1.54, 1.807) is 0 Å². The fourth-order valence-electron chi connectivity index (χ4n) is 1.27. The molecule has 1 saturated carbocycles. The molecule has 0 bridgehead atoms. The van der Waals surface area contributed by atoms with Crippen LogP contribution in [0.15, 0.2) is 28.7 Å². The highest BCUT2D eigenvalue weighted by Gasteiger charge is 2.40. The largest absolute Gasteiger partial charge is 0.321 e. The van der Waals surface area contributed by atoms with Gasteiger partial charge in [0.15, 0.2) is 0 Å². The molecule has 1 aliphatic carbocycles. The second-order valence-electron chi connectivity index (χ2n) is 3.14. The quantitative estimate of drug-likeness (QED) is 0.813. The van der Waals surface area contributed by atoms with Gasteiger partial charge in [0, 0.05) is 10.0 Å². The third-order valence-corrected chi connectivity index (χ3v) is 2.89. The van der Waals surface area contributed by atoms with E-state index in [0.29, 0.717) is 0 Å².